The number of hydrogen-bond acceptors (Lipinski definition) is 3. The third-order valence-corrected chi connectivity index (χ3v) is 5.24. The van der Waals surface area contributed by atoms with E-state index >= 15 is 0 Å². The highest BCUT2D eigenvalue weighted by atomic mass is 32.2. The summed E-state index contributed by atoms with van der Waals surface area (Å²) in [7, 11) is -3.80. The molecule has 106 valence electrons. The quantitative estimate of drug-likeness (QED) is 0.886. The van der Waals surface area contributed by atoms with Gasteiger partial charge in [0.1, 0.15) is 5.82 Å². The van der Waals surface area contributed by atoms with Gasteiger partial charge in [0.15, 0.2) is 0 Å². The highest BCUT2D eigenvalue weighted by Gasteiger charge is 2.37. The van der Waals surface area contributed by atoms with Gasteiger partial charge in [0.25, 0.3) is 0 Å². The molecule has 1 aromatic carbocycles. The zero-order chi connectivity index (χ0) is 14.1. The van der Waals surface area contributed by atoms with Gasteiger partial charge in [0.05, 0.1) is 17.0 Å². The minimum atomic E-state index is -3.80. The molecule has 4 nitrogen and oxygen atoms in total. The van der Waals surface area contributed by atoms with Crippen molar-refractivity contribution in [3.05, 3.63) is 29.6 Å². The van der Waals surface area contributed by atoms with Crippen LogP contribution in [0, 0.1) is 12.7 Å². The second-order valence-corrected chi connectivity index (χ2v) is 6.84. The van der Waals surface area contributed by atoms with E-state index in [0.717, 1.165) is 18.9 Å². The lowest BCUT2D eigenvalue weighted by atomic mass is 10.0. The van der Waals surface area contributed by atoms with Crippen molar-refractivity contribution in [2.24, 2.45) is 0 Å². The topological polar surface area (TPSA) is 66.4 Å². The van der Waals surface area contributed by atoms with Crippen LogP contribution in [0.4, 0.5) is 4.39 Å². The molecule has 19 heavy (non-hydrogen) atoms. The largest absolute Gasteiger partial charge is 0.394 e. The second-order valence-electron chi connectivity index (χ2n) is 5.16. The summed E-state index contributed by atoms with van der Waals surface area (Å²) < 4.78 is 40.4. The van der Waals surface area contributed by atoms with Crippen molar-refractivity contribution in [1.82, 2.24) is 4.72 Å². The number of hydrogen-bond donors (Lipinski definition) is 2. The third kappa shape index (κ3) is 2.96. The van der Waals surface area contributed by atoms with Crippen LogP contribution >= 0.6 is 0 Å². The van der Waals surface area contributed by atoms with Gasteiger partial charge in [0.2, 0.25) is 10.0 Å². The average Bonchev–Trinajstić information content (AvgIpc) is 2.81. The Kier molecular flexibility index (Phi) is 3.94. The third-order valence-electron chi connectivity index (χ3n) is 3.67. The van der Waals surface area contributed by atoms with Gasteiger partial charge in [-0.2, -0.15) is 0 Å². The molecular weight excluding hydrogens is 269 g/mol. The van der Waals surface area contributed by atoms with Gasteiger partial charge >= 0.3 is 0 Å². The molecule has 1 aromatic rings. The fourth-order valence-electron chi connectivity index (χ4n) is 2.43. The Morgan fingerprint density at radius 3 is 2.53 bits per heavy atom. The van der Waals surface area contributed by atoms with Crippen LogP contribution in [0.15, 0.2) is 23.1 Å². The van der Waals surface area contributed by atoms with E-state index in [0.29, 0.717) is 18.4 Å². The predicted molar refractivity (Wildman–Crippen MR) is 69.7 cm³/mol. The van der Waals surface area contributed by atoms with Gasteiger partial charge in [0, 0.05) is 0 Å². The van der Waals surface area contributed by atoms with Crippen molar-refractivity contribution in [3.8, 4) is 0 Å². The maximum Gasteiger partial charge on any atom is 0.241 e. The average molecular weight is 287 g/mol. The SMILES string of the molecule is Cc1ccc(S(=O)(=O)NC2(CO)CCCC2)cc1F. The summed E-state index contributed by atoms with van der Waals surface area (Å²) in [6.45, 7) is 1.34. The number of halogens is 1. The number of rotatable bonds is 4. The molecule has 2 rings (SSSR count). The van der Waals surface area contributed by atoms with E-state index in [1.165, 1.54) is 12.1 Å². The van der Waals surface area contributed by atoms with Gasteiger partial charge in [-0.3, -0.25) is 0 Å². The summed E-state index contributed by atoms with van der Waals surface area (Å²) in [6, 6.07) is 3.82. The summed E-state index contributed by atoms with van der Waals surface area (Å²) in [5, 5.41) is 9.42. The number of sulfonamides is 1. The molecule has 0 bridgehead atoms. The summed E-state index contributed by atoms with van der Waals surface area (Å²) in [4.78, 5) is -0.102. The van der Waals surface area contributed by atoms with Gasteiger partial charge in [-0.1, -0.05) is 18.9 Å². The molecule has 0 aromatic heterocycles. The van der Waals surface area contributed by atoms with Crippen molar-refractivity contribution in [1.29, 1.82) is 0 Å². The van der Waals surface area contributed by atoms with Crippen molar-refractivity contribution in [3.63, 3.8) is 0 Å². The molecule has 1 aliphatic carbocycles. The molecule has 0 heterocycles. The Hall–Kier alpha value is -0.980. The fraction of sp³-hybridized carbons (Fsp3) is 0.538. The molecule has 0 saturated heterocycles. The number of nitrogens with one attached hydrogen (secondary N) is 1. The molecule has 1 fully saturated rings. The minimum Gasteiger partial charge on any atom is -0.394 e. The summed E-state index contributed by atoms with van der Waals surface area (Å²) >= 11 is 0. The van der Waals surface area contributed by atoms with Crippen molar-refractivity contribution >= 4 is 10.0 Å². The molecule has 1 aliphatic rings. The molecule has 0 unspecified atom stereocenters. The summed E-state index contributed by atoms with van der Waals surface area (Å²) in [6.07, 6.45) is 2.98. The maximum absolute atomic E-state index is 13.5. The molecule has 1 saturated carbocycles. The van der Waals surface area contributed by atoms with E-state index < -0.39 is 21.4 Å². The Morgan fingerprint density at radius 2 is 2.00 bits per heavy atom. The van der Waals surface area contributed by atoms with Crippen molar-refractivity contribution in [2.75, 3.05) is 6.61 Å². The second kappa shape index (κ2) is 5.19. The first-order valence-electron chi connectivity index (χ1n) is 6.30. The highest BCUT2D eigenvalue weighted by Crippen LogP contribution is 2.31. The van der Waals surface area contributed by atoms with E-state index in [9.17, 15) is 17.9 Å². The number of aryl methyl sites for hydroxylation is 1. The van der Waals surface area contributed by atoms with Gasteiger partial charge < -0.3 is 5.11 Å². The van der Waals surface area contributed by atoms with Crippen LogP contribution in [0.25, 0.3) is 0 Å². The molecule has 0 aliphatic heterocycles. The van der Waals surface area contributed by atoms with Crippen molar-refractivity contribution in [2.45, 2.75) is 43.0 Å². The number of aliphatic hydroxyl groups is 1. The normalized spacial score (nSPS) is 18.7. The Balaban J connectivity index is 2.29. The lowest BCUT2D eigenvalue weighted by Gasteiger charge is -2.27. The zero-order valence-corrected chi connectivity index (χ0v) is 11.6. The van der Waals surface area contributed by atoms with E-state index in [1.54, 1.807) is 6.92 Å². The number of aliphatic hydroxyl groups excluding tert-OH is 1. The predicted octanol–water partition coefficient (Wildman–Crippen LogP) is 1.72. The van der Waals surface area contributed by atoms with Gasteiger partial charge in [-0.25, -0.2) is 17.5 Å². The summed E-state index contributed by atoms with van der Waals surface area (Å²) in [5.74, 6) is -0.549. The maximum atomic E-state index is 13.5. The van der Waals surface area contributed by atoms with Gasteiger partial charge in [-0.15, -0.1) is 0 Å². The Labute approximate surface area is 112 Å². The molecule has 0 radical (unpaired) electrons. The van der Waals surface area contributed by atoms with E-state index in [2.05, 4.69) is 4.72 Å². The molecule has 2 N–H and O–H groups in total. The first-order chi connectivity index (χ1) is 8.88. The zero-order valence-electron chi connectivity index (χ0n) is 10.8. The Morgan fingerprint density at radius 1 is 1.37 bits per heavy atom. The highest BCUT2D eigenvalue weighted by molar-refractivity contribution is 7.89. The van der Waals surface area contributed by atoms with Crippen LogP contribution < -0.4 is 4.72 Å². The van der Waals surface area contributed by atoms with Crippen LogP contribution in [-0.4, -0.2) is 25.7 Å². The van der Waals surface area contributed by atoms with Crippen LogP contribution in [-0.2, 0) is 10.0 Å². The van der Waals surface area contributed by atoms with E-state index in [-0.39, 0.29) is 11.5 Å². The molecule has 0 amide bonds. The van der Waals surface area contributed by atoms with E-state index in [4.69, 9.17) is 0 Å². The number of benzene rings is 1. The van der Waals surface area contributed by atoms with Crippen molar-refractivity contribution < 1.29 is 17.9 Å². The van der Waals surface area contributed by atoms with Crippen LogP contribution in [0.5, 0.6) is 0 Å². The first kappa shape index (κ1) is 14.4. The molecule has 0 atom stereocenters. The van der Waals surface area contributed by atoms with Crippen LogP contribution in [0.1, 0.15) is 31.2 Å². The van der Waals surface area contributed by atoms with Crippen LogP contribution in [0.3, 0.4) is 0 Å². The molecule has 6 heteroatoms. The first-order valence-corrected chi connectivity index (χ1v) is 7.78. The van der Waals surface area contributed by atoms with Gasteiger partial charge in [-0.05, 0) is 37.5 Å². The lowest BCUT2D eigenvalue weighted by molar-refractivity contribution is 0.185. The molecule has 0 spiro atoms. The lowest BCUT2D eigenvalue weighted by Crippen LogP contribution is -2.49. The van der Waals surface area contributed by atoms with Crippen LogP contribution in [0.2, 0.25) is 0 Å². The Bertz CT molecular complexity index is 565. The fourth-order valence-corrected chi connectivity index (χ4v) is 3.89. The minimum absolute atomic E-state index is 0.102. The molecular formula is C13H18FNO3S. The standard InChI is InChI=1S/C13H18FNO3S/c1-10-4-5-11(8-12(10)14)19(17,18)15-13(9-16)6-2-3-7-13/h4-5,8,15-16H,2-3,6-7,9H2,1H3. The van der Waals surface area contributed by atoms with E-state index in [1.807, 2.05) is 0 Å². The monoisotopic (exact) mass is 287 g/mol. The smallest absolute Gasteiger partial charge is 0.241 e. The summed E-state index contributed by atoms with van der Waals surface area (Å²) in [5.41, 5.74) is -0.392.